The van der Waals surface area contributed by atoms with Crippen LogP contribution in [0.2, 0.25) is 0 Å². The maximum Gasteiger partial charge on any atom is 0.172 e. The van der Waals surface area contributed by atoms with Crippen molar-refractivity contribution in [3.63, 3.8) is 0 Å². The summed E-state index contributed by atoms with van der Waals surface area (Å²) in [7, 11) is 1.64. The fourth-order valence-electron chi connectivity index (χ4n) is 2.74. The van der Waals surface area contributed by atoms with Gasteiger partial charge >= 0.3 is 0 Å². The Bertz CT molecular complexity index is 1030. The molecule has 0 aliphatic rings. The van der Waals surface area contributed by atoms with Crippen molar-refractivity contribution in [3.05, 3.63) is 71.8 Å². The molecule has 0 aliphatic carbocycles. The van der Waals surface area contributed by atoms with Crippen molar-refractivity contribution < 1.29 is 19.0 Å². The van der Waals surface area contributed by atoms with Gasteiger partial charge in [-0.15, -0.1) is 0 Å². The van der Waals surface area contributed by atoms with Crippen LogP contribution in [-0.2, 0) is 0 Å². The molecule has 3 aromatic rings. The number of benzene rings is 3. The van der Waals surface area contributed by atoms with E-state index in [0.717, 1.165) is 6.07 Å². The van der Waals surface area contributed by atoms with Crippen LogP contribution in [-0.4, -0.2) is 17.3 Å². The van der Waals surface area contributed by atoms with Gasteiger partial charge in [0.2, 0.25) is 0 Å². The quantitative estimate of drug-likeness (QED) is 0.718. The molecule has 0 aromatic heterocycles. The highest BCUT2D eigenvalue weighted by atomic mass is 19.1. The minimum Gasteiger partial charge on any atom is -0.505 e. The Morgan fingerprint density at radius 2 is 1.62 bits per heavy atom. The summed E-state index contributed by atoms with van der Waals surface area (Å²) in [5.74, 6) is -2.59. The van der Waals surface area contributed by atoms with Gasteiger partial charge in [-0.1, -0.05) is 24.3 Å². The van der Waals surface area contributed by atoms with E-state index >= 15 is 0 Å². The summed E-state index contributed by atoms with van der Waals surface area (Å²) >= 11 is 0. The van der Waals surface area contributed by atoms with Gasteiger partial charge in [-0.05, 0) is 24.3 Å². The molecule has 130 valence electrons. The molecule has 0 bridgehead atoms. The molecule has 6 heteroatoms. The van der Waals surface area contributed by atoms with E-state index in [1.165, 1.54) is 30.3 Å². The van der Waals surface area contributed by atoms with Gasteiger partial charge in [0.15, 0.2) is 23.1 Å². The number of hydrogen-bond acceptors (Lipinski definition) is 4. The second-order valence-corrected chi connectivity index (χ2v) is 5.64. The van der Waals surface area contributed by atoms with E-state index in [0.29, 0.717) is 16.9 Å². The van der Waals surface area contributed by atoms with Crippen LogP contribution < -0.4 is 4.90 Å². The lowest BCUT2D eigenvalue weighted by molar-refractivity contribution is 0.432. The number of halogens is 2. The van der Waals surface area contributed by atoms with Crippen LogP contribution >= 0.6 is 0 Å². The van der Waals surface area contributed by atoms with Crippen molar-refractivity contribution in [2.24, 2.45) is 0 Å². The van der Waals surface area contributed by atoms with E-state index in [4.69, 9.17) is 0 Å². The van der Waals surface area contributed by atoms with Crippen molar-refractivity contribution >= 4 is 11.4 Å². The summed E-state index contributed by atoms with van der Waals surface area (Å²) in [6, 6.07) is 14.9. The number of aromatic hydroxyl groups is 2. The Morgan fingerprint density at radius 1 is 0.923 bits per heavy atom. The third-order valence-electron chi connectivity index (χ3n) is 4.10. The third-order valence-corrected chi connectivity index (χ3v) is 4.10. The fourth-order valence-corrected chi connectivity index (χ4v) is 2.74. The predicted molar refractivity (Wildman–Crippen MR) is 94.3 cm³/mol. The maximum atomic E-state index is 14.3. The number of phenols is 2. The van der Waals surface area contributed by atoms with Gasteiger partial charge in [-0.25, -0.2) is 8.78 Å². The zero-order valence-electron chi connectivity index (χ0n) is 13.7. The minimum absolute atomic E-state index is 0.0961. The van der Waals surface area contributed by atoms with Gasteiger partial charge in [0.25, 0.3) is 0 Å². The zero-order valence-corrected chi connectivity index (χ0v) is 13.7. The highest BCUT2D eigenvalue weighted by molar-refractivity contribution is 5.81. The average molecular weight is 352 g/mol. The first-order chi connectivity index (χ1) is 12.4. The second-order valence-electron chi connectivity index (χ2n) is 5.64. The van der Waals surface area contributed by atoms with Crippen LogP contribution in [0.25, 0.3) is 11.1 Å². The van der Waals surface area contributed by atoms with Gasteiger partial charge in [0, 0.05) is 29.9 Å². The smallest absolute Gasteiger partial charge is 0.172 e. The maximum absolute atomic E-state index is 14.3. The van der Waals surface area contributed by atoms with Crippen molar-refractivity contribution in [1.29, 1.82) is 5.26 Å². The summed E-state index contributed by atoms with van der Waals surface area (Å²) in [4.78, 5) is 1.59. The average Bonchev–Trinajstić information content (AvgIpc) is 2.65. The van der Waals surface area contributed by atoms with Crippen LogP contribution in [0.15, 0.2) is 54.6 Å². The molecule has 2 N–H and O–H groups in total. The Balaban J connectivity index is 2.16. The first-order valence-electron chi connectivity index (χ1n) is 7.67. The zero-order chi connectivity index (χ0) is 18.8. The first-order valence-corrected chi connectivity index (χ1v) is 7.67. The van der Waals surface area contributed by atoms with Crippen LogP contribution in [0.5, 0.6) is 11.5 Å². The molecular weight excluding hydrogens is 338 g/mol. The van der Waals surface area contributed by atoms with E-state index in [9.17, 15) is 24.3 Å². The van der Waals surface area contributed by atoms with Crippen molar-refractivity contribution in [2.45, 2.75) is 0 Å². The number of anilines is 2. The summed E-state index contributed by atoms with van der Waals surface area (Å²) in [5, 5.41) is 28.8. The molecule has 0 saturated heterocycles. The Hall–Kier alpha value is -3.59. The lowest BCUT2D eigenvalue weighted by atomic mass is 9.97. The molecule has 4 nitrogen and oxygen atoms in total. The van der Waals surface area contributed by atoms with Crippen LogP contribution in [0, 0.1) is 23.0 Å². The van der Waals surface area contributed by atoms with Crippen molar-refractivity contribution in [1.82, 2.24) is 0 Å². The van der Waals surface area contributed by atoms with Crippen LogP contribution in [0.4, 0.5) is 20.2 Å². The fraction of sp³-hybridized carbons (Fsp3) is 0.0500. The first kappa shape index (κ1) is 17.2. The number of nitriles is 1. The van der Waals surface area contributed by atoms with Crippen LogP contribution in [0.3, 0.4) is 0 Å². The van der Waals surface area contributed by atoms with Gasteiger partial charge in [0.1, 0.15) is 6.07 Å². The molecule has 0 spiro atoms. The van der Waals surface area contributed by atoms with Gasteiger partial charge in [-0.3, -0.25) is 0 Å². The third kappa shape index (κ3) is 2.91. The topological polar surface area (TPSA) is 67.5 Å². The molecular formula is C20H14F2N2O2. The second kappa shape index (κ2) is 6.73. The Morgan fingerprint density at radius 3 is 2.31 bits per heavy atom. The lowest BCUT2D eigenvalue weighted by Gasteiger charge is -2.22. The number of phenolic OH excluding ortho intramolecular Hbond substituents is 2. The Kier molecular flexibility index (Phi) is 4.46. The van der Waals surface area contributed by atoms with Crippen molar-refractivity contribution in [3.8, 4) is 28.7 Å². The summed E-state index contributed by atoms with van der Waals surface area (Å²) < 4.78 is 27.6. The summed E-state index contributed by atoms with van der Waals surface area (Å²) in [6.07, 6.45) is 0. The summed E-state index contributed by atoms with van der Waals surface area (Å²) in [5.41, 5.74) is 1.49. The molecule has 0 radical (unpaired) electrons. The van der Waals surface area contributed by atoms with E-state index in [-0.39, 0.29) is 11.1 Å². The van der Waals surface area contributed by atoms with Crippen LogP contribution in [0.1, 0.15) is 5.56 Å². The standard InChI is InChI=1S/C20H14F2N2O2/c1-24(12-8-9-16(21)19(26)10-12)17-6-2-4-13(15(17)11-23)14-5-3-7-18(25)20(14)22/h2-10,25-26H,1H3. The molecule has 0 fully saturated rings. The van der Waals surface area contributed by atoms with Crippen molar-refractivity contribution in [2.75, 3.05) is 11.9 Å². The van der Waals surface area contributed by atoms with E-state index in [2.05, 4.69) is 6.07 Å². The molecule has 3 aromatic carbocycles. The SMILES string of the molecule is CN(c1ccc(F)c(O)c1)c1cccc(-c2cccc(O)c2F)c1C#N. The molecule has 0 unspecified atom stereocenters. The molecule has 0 heterocycles. The molecule has 0 amide bonds. The molecule has 3 rings (SSSR count). The van der Waals surface area contributed by atoms with Gasteiger partial charge in [-0.2, -0.15) is 5.26 Å². The lowest BCUT2D eigenvalue weighted by Crippen LogP contribution is -2.11. The number of rotatable bonds is 3. The summed E-state index contributed by atoms with van der Waals surface area (Å²) in [6.45, 7) is 0. The van der Waals surface area contributed by atoms with Gasteiger partial charge in [0.05, 0.1) is 11.3 Å². The predicted octanol–water partition coefficient (Wildman–Crippen LogP) is 4.68. The molecule has 0 aliphatic heterocycles. The monoisotopic (exact) mass is 352 g/mol. The van der Waals surface area contributed by atoms with Gasteiger partial charge < -0.3 is 15.1 Å². The molecule has 0 atom stereocenters. The Labute approximate surface area is 148 Å². The van der Waals surface area contributed by atoms with E-state index < -0.39 is 23.1 Å². The van der Waals surface area contributed by atoms with E-state index in [1.54, 1.807) is 30.1 Å². The minimum atomic E-state index is -0.816. The number of nitrogens with zero attached hydrogens (tertiary/aromatic N) is 2. The molecule has 0 saturated carbocycles. The highest BCUT2D eigenvalue weighted by Gasteiger charge is 2.18. The normalized spacial score (nSPS) is 10.4. The largest absolute Gasteiger partial charge is 0.505 e. The van der Waals surface area contributed by atoms with E-state index in [1.807, 2.05) is 0 Å². The number of hydrogen-bond donors (Lipinski definition) is 2. The molecule has 26 heavy (non-hydrogen) atoms. The highest BCUT2D eigenvalue weighted by Crippen LogP contribution is 2.37.